The highest BCUT2D eigenvalue weighted by Crippen LogP contribution is 2.40. The molecule has 3 rings (SSSR count). The monoisotopic (exact) mass is 401 g/mol. The van der Waals surface area contributed by atoms with Crippen LogP contribution in [0.4, 0.5) is 0 Å². The lowest BCUT2D eigenvalue weighted by Crippen LogP contribution is -2.22. The predicted octanol–water partition coefficient (Wildman–Crippen LogP) is 7.47. The van der Waals surface area contributed by atoms with E-state index in [0.29, 0.717) is 0 Å². The third-order valence-corrected chi connectivity index (χ3v) is 5.66. The molecule has 0 N–H and O–H groups in total. The van der Waals surface area contributed by atoms with Crippen LogP contribution in [0.25, 0.3) is 11.3 Å². The van der Waals surface area contributed by atoms with Crippen LogP contribution in [-0.2, 0) is 17.3 Å². The minimum absolute atomic E-state index is 0.108. The molecule has 0 saturated heterocycles. The lowest BCUT2D eigenvalue weighted by Gasteiger charge is -2.29. The average molecular weight is 402 g/mol. The predicted molar refractivity (Wildman–Crippen MR) is 114 cm³/mol. The normalized spacial score (nSPS) is 12.4. The summed E-state index contributed by atoms with van der Waals surface area (Å²) < 4.78 is 5.44. The molecule has 0 unspecified atom stereocenters. The fourth-order valence-electron chi connectivity index (χ4n) is 3.45. The summed E-state index contributed by atoms with van der Waals surface area (Å²) in [6.45, 7) is 10.9. The third-order valence-electron chi connectivity index (χ3n) is 4.91. The van der Waals surface area contributed by atoms with Crippen molar-refractivity contribution in [3.05, 3.63) is 75.7 Å². The maximum Gasteiger partial charge on any atom is 0.181 e. The van der Waals surface area contributed by atoms with Crippen molar-refractivity contribution in [2.75, 3.05) is 0 Å². The average Bonchev–Trinajstić information content (AvgIpc) is 3.11. The van der Waals surface area contributed by atoms with E-state index in [1.54, 1.807) is 6.20 Å². The fraction of sp³-hybridized carbons (Fsp3) is 0.348. The summed E-state index contributed by atoms with van der Waals surface area (Å²) >= 11 is 13.2. The van der Waals surface area contributed by atoms with Crippen molar-refractivity contribution in [2.45, 2.75) is 51.9 Å². The molecule has 0 fully saturated rings. The third kappa shape index (κ3) is 4.23. The second-order valence-electron chi connectivity index (χ2n) is 8.65. The van der Waals surface area contributed by atoms with Gasteiger partial charge in [-0.1, -0.05) is 82.1 Å². The van der Waals surface area contributed by atoms with Crippen molar-refractivity contribution in [1.82, 2.24) is 4.98 Å². The molecule has 0 amide bonds. The molecule has 0 aliphatic rings. The number of hydrogen-bond acceptors (Lipinski definition) is 2. The van der Waals surface area contributed by atoms with Gasteiger partial charge in [0.2, 0.25) is 0 Å². The number of oxazole rings is 1. The lowest BCUT2D eigenvalue weighted by atomic mass is 9.77. The first-order valence-corrected chi connectivity index (χ1v) is 9.82. The van der Waals surface area contributed by atoms with Gasteiger partial charge in [-0.25, -0.2) is 4.98 Å². The summed E-state index contributed by atoms with van der Waals surface area (Å²) in [5, 5.41) is 1.50. The Morgan fingerprint density at radius 3 is 2.37 bits per heavy atom. The highest BCUT2D eigenvalue weighted by molar-refractivity contribution is 6.36. The van der Waals surface area contributed by atoms with Crippen LogP contribution in [-0.4, -0.2) is 4.98 Å². The van der Waals surface area contributed by atoms with Crippen LogP contribution in [0.15, 0.2) is 53.4 Å². The molecular weight excluding hydrogens is 377 g/mol. The number of nitrogens with zero attached hydrogens (tertiary/aromatic N) is 1. The lowest BCUT2D eigenvalue weighted by molar-refractivity contribution is 0.520. The Labute approximate surface area is 171 Å². The van der Waals surface area contributed by atoms with Gasteiger partial charge in [0.1, 0.15) is 0 Å². The van der Waals surface area contributed by atoms with Gasteiger partial charge in [0.25, 0.3) is 0 Å². The van der Waals surface area contributed by atoms with Gasteiger partial charge >= 0.3 is 0 Å². The van der Waals surface area contributed by atoms with Gasteiger partial charge in [-0.15, -0.1) is 0 Å². The second-order valence-corrected chi connectivity index (χ2v) is 9.44. The van der Waals surface area contributed by atoms with Gasteiger partial charge in [0.05, 0.1) is 6.20 Å². The fourth-order valence-corrected chi connectivity index (χ4v) is 4.45. The van der Waals surface area contributed by atoms with Crippen LogP contribution in [0, 0.1) is 0 Å². The van der Waals surface area contributed by atoms with Gasteiger partial charge < -0.3 is 4.42 Å². The number of halogens is 2. The first-order chi connectivity index (χ1) is 12.6. The zero-order valence-electron chi connectivity index (χ0n) is 16.4. The number of rotatable bonds is 4. The second kappa shape index (κ2) is 7.33. The Hall–Kier alpha value is -1.77. The minimum atomic E-state index is -0.111. The van der Waals surface area contributed by atoms with E-state index in [0.717, 1.165) is 38.9 Å². The van der Waals surface area contributed by atoms with Crippen molar-refractivity contribution in [1.29, 1.82) is 0 Å². The Bertz CT molecular complexity index is 938. The minimum Gasteiger partial charge on any atom is -0.444 e. The maximum atomic E-state index is 6.80. The zero-order valence-corrected chi connectivity index (χ0v) is 17.9. The van der Waals surface area contributed by atoms with E-state index in [1.807, 2.05) is 18.2 Å². The molecule has 0 aliphatic heterocycles. The molecule has 0 atom stereocenters. The molecule has 2 aromatic carbocycles. The maximum absolute atomic E-state index is 6.80. The van der Waals surface area contributed by atoms with Crippen molar-refractivity contribution in [3.63, 3.8) is 0 Å². The molecule has 1 heterocycles. The molecule has 0 spiro atoms. The molecule has 2 nitrogen and oxygen atoms in total. The smallest absolute Gasteiger partial charge is 0.181 e. The Morgan fingerprint density at radius 2 is 1.74 bits per heavy atom. The number of hydrogen-bond donors (Lipinski definition) is 0. The molecule has 4 heteroatoms. The topological polar surface area (TPSA) is 26.0 Å². The molecule has 0 radical (unpaired) electrons. The zero-order chi connectivity index (χ0) is 19.8. The highest BCUT2D eigenvalue weighted by Gasteiger charge is 2.27. The first kappa shape index (κ1) is 20.0. The van der Waals surface area contributed by atoms with Crippen molar-refractivity contribution in [2.24, 2.45) is 0 Å². The van der Waals surface area contributed by atoms with Gasteiger partial charge in [0, 0.05) is 15.6 Å². The quantitative estimate of drug-likeness (QED) is 0.452. The molecule has 142 valence electrons. The Balaban J connectivity index is 1.97. The van der Waals surface area contributed by atoms with Gasteiger partial charge in [-0.05, 0) is 46.1 Å². The van der Waals surface area contributed by atoms with Gasteiger partial charge in [0.15, 0.2) is 12.2 Å². The van der Waals surface area contributed by atoms with E-state index >= 15 is 0 Å². The standard InChI is InChI=1S/C23H25Cl2NO/c1-22(2,3)20-18(24)10-9-16(21(20)25)12-23(4,5)17-8-6-7-15(11-17)19-13-26-14-27-19/h6-11,13-14H,12H2,1-5H3. The number of aromatic nitrogens is 1. The van der Waals surface area contributed by atoms with E-state index < -0.39 is 0 Å². The van der Waals surface area contributed by atoms with Crippen molar-refractivity contribution >= 4 is 23.2 Å². The van der Waals surface area contributed by atoms with Crippen LogP contribution in [0.2, 0.25) is 10.0 Å². The van der Waals surface area contributed by atoms with E-state index in [-0.39, 0.29) is 10.8 Å². The number of benzene rings is 2. The summed E-state index contributed by atoms with van der Waals surface area (Å²) in [6.07, 6.45) is 4.00. The summed E-state index contributed by atoms with van der Waals surface area (Å²) in [6, 6.07) is 12.4. The Kier molecular flexibility index (Phi) is 5.42. The molecule has 0 saturated carbocycles. The van der Waals surface area contributed by atoms with E-state index in [1.165, 1.54) is 12.0 Å². The largest absolute Gasteiger partial charge is 0.444 e. The van der Waals surface area contributed by atoms with Gasteiger partial charge in [-0.2, -0.15) is 0 Å². The molecule has 3 aromatic rings. The van der Waals surface area contributed by atoms with Crippen LogP contribution in [0.3, 0.4) is 0 Å². The molecule has 0 bridgehead atoms. The van der Waals surface area contributed by atoms with Crippen LogP contribution in [0.1, 0.15) is 51.3 Å². The summed E-state index contributed by atoms with van der Waals surface area (Å²) in [5.41, 5.74) is 4.15. The van der Waals surface area contributed by atoms with Crippen LogP contribution < -0.4 is 0 Å². The summed E-state index contributed by atoms with van der Waals surface area (Å²) in [4.78, 5) is 4.01. The molecular formula is C23H25Cl2NO. The molecule has 1 aromatic heterocycles. The van der Waals surface area contributed by atoms with Crippen molar-refractivity contribution in [3.8, 4) is 11.3 Å². The highest BCUT2D eigenvalue weighted by atomic mass is 35.5. The van der Waals surface area contributed by atoms with E-state index in [2.05, 4.69) is 57.8 Å². The first-order valence-electron chi connectivity index (χ1n) is 9.06. The van der Waals surface area contributed by atoms with E-state index in [4.69, 9.17) is 27.6 Å². The van der Waals surface area contributed by atoms with Crippen LogP contribution in [0.5, 0.6) is 0 Å². The van der Waals surface area contributed by atoms with Crippen molar-refractivity contribution < 1.29 is 4.42 Å². The molecule has 0 aliphatic carbocycles. The summed E-state index contributed by atoms with van der Waals surface area (Å²) in [5.74, 6) is 0.771. The summed E-state index contributed by atoms with van der Waals surface area (Å²) in [7, 11) is 0. The van der Waals surface area contributed by atoms with Gasteiger partial charge in [-0.3, -0.25) is 0 Å². The van der Waals surface area contributed by atoms with E-state index in [9.17, 15) is 0 Å². The SMILES string of the molecule is CC(C)(C)c1c(Cl)ccc(CC(C)(C)c2cccc(-c3cnco3)c2)c1Cl. The Morgan fingerprint density at radius 1 is 1.00 bits per heavy atom. The van der Waals surface area contributed by atoms with Crippen LogP contribution >= 0.6 is 23.2 Å². The molecule has 27 heavy (non-hydrogen) atoms.